The van der Waals surface area contributed by atoms with E-state index in [1.165, 1.54) is 0 Å². The van der Waals surface area contributed by atoms with Gasteiger partial charge in [0.1, 0.15) is 6.10 Å². The molecule has 2 amide bonds. The van der Waals surface area contributed by atoms with Crippen molar-refractivity contribution < 1.29 is 14.3 Å². The molecule has 1 saturated heterocycles. The summed E-state index contributed by atoms with van der Waals surface area (Å²) in [5, 5.41) is 5.74. The minimum atomic E-state index is -0.331. The molecule has 2 aliphatic rings. The van der Waals surface area contributed by atoms with E-state index in [4.69, 9.17) is 4.74 Å². The van der Waals surface area contributed by atoms with E-state index in [1.54, 1.807) is 12.1 Å². The first-order valence-electron chi connectivity index (χ1n) is 7.56. The molecule has 1 aliphatic carbocycles. The number of rotatable bonds is 4. The van der Waals surface area contributed by atoms with E-state index in [0.717, 1.165) is 43.5 Å². The Labute approximate surface area is 124 Å². The van der Waals surface area contributed by atoms with Crippen LogP contribution < -0.4 is 10.6 Å². The number of amides is 2. The lowest BCUT2D eigenvalue weighted by molar-refractivity contribution is -0.124. The average Bonchev–Trinajstić information content (AvgIpc) is 2.93. The molecule has 1 atom stereocenters. The summed E-state index contributed by atoms with van der Waals surface area (Å²) in [5.74, 6) is 0.167. The van der Waals surface area contributed by atoms with E-state index in [1.807, 2.05) is 12.1 Å². The summed E-state index contributed by atoms with van der Waals surface area (Å²) in [5.41, 5.74) is 1.49. The van der Waals surface area contributed by atoms with E-state index in [-0.39, 0.29) is 23.8 Å². The predicted molar refractivity (Wildman–Crippen MR) is 80.0 cm³/mol. The van der Waals surface area contributed by atoms with Crippen LogP contribution in [0, 0.1) is 5.92 Å². The molecule has 1 heterocycles. The summed E-state index contributed by atoms with van der Waals surface area (Å²) in [6.45, 7) is 0.657. The Bertz CT molecular complexity index is 517. The number of ether oxygens (including phenoxy) is 1. The molecular weight excluding hydrogens is 268 g/mol. The molecule has 1 aromatic carbocycles. The van der Waals surface area contributed by atoms with Gasteiger partial charge in [-0.25, -0.2) is 0 Å². The number of hydrogen-bond acceptors (Lipinski definition) is 3. The molecule has 1 aliphatic heterocycles. The molecule has 0 unspecified atom stereocenters. The van der Waals surface area contributed by atoms with Gasteiger partial charge in [-0.1, -0.05) is 6.42 Å². The second-order valence-corrected chi connectivity index (χ2v) is 5.69. The molecule has 1 saturated carbocycles. The molecule has 3 rings (SSSR count). The van der Waals surface area contributed by atoms with Crippen LogP contribution in [0.15, 0.2) is 24.3 Å². The highest BCUT2D eigenvalue weighted by Gasteiger charge is 2.25. The lowest BCUT2D eigenvalue weighted by Crippen LogP contribution is -2.28. The van der Waals surface area contributed by atoms with Gasteiger partial charge in [0.15, 0.2) is 0 Å². The number of nitrogens with one attached hydrogen (secondary N) is 2. The molecule has 5 nitrogen and oxygen atoms in total. The van der Waals surface area contributed by atoms with E-state index in [0.29, 0.717) is 6.61 Å². The topological polar surface area (TPSA) is 67.4 Å². The molecular formula is C16H20N2O3. The third-order valence-electron chi connectivity index (χ3n) is 4.12. The maximum atomic E-state index is 11.9. The first-order chi connectivity index (χ1) is 10.2. The molecule has 2 N–H and O–H groups in total. The monoisotopic (exact) mass is 288 g/mol. The summed E-state index contributed by atoms with van der Waals surface area (Å²) in [6, 6.07) is 7.20. The van der Waals surface area contributed by atoms with E-state index in [2.05, 4.69) is 10.6 Å². The van der Waals surface area contributed by atoms with Crippen molar-refractivity contribution in [1.29, 1.82) is 0 Å². The zero-order valence-corrected chi connectivity index (χ0v) is 11.9. The molecule has 0 spiro atoms. The summed E-state index contributed by atoms with van der Waals surface area (Å²) in [7, 11) is 0. The number of hydrogen-bond donors (Lipinski definition) is 2. The molecule has 2 fully saturated rings. The standard InChI is InChI=1S/C16H20N2O3/c19-15(11-3-1-4-11)17-12-6-8-13(9-7-12)18-16(20)14-5-2-10-21-14/h6-9,11,14H,1-5,10H2,(H,17,19)(H,18,20)/t14-/m1/s1. The fraction of sp³-hybridized carbons (Fsp3) is 0.500. The first-order valence-corrected chi connectivity index (χ1v) is 7.56. The van der Waals surface area contributed by atoms with Crippen LogP contribution in [0.2, 0.25) is 0 Å². The van der Waals surface area contributed by atoms with Crippen molar-refractivity contribution in [3.63, 3.8) is 0 Å². The zero-order chi connectivity index (χ0) is 14.7. The van der Waals surface area contributed by atoms with Gasteiger partial charge < -0.3 is 15.4 Å². The van der Waals surface area contributed by atoms with Crippen LogP contribution in [0.25, 0.3) is 0 Å². The molecule has 112 valence electrons. The maximum absolute atomic E-state index is 11.9. The van der Waals surface area contributed by atoms with Crippen molar-refractivity contribution >= 4 is 23.2 Å². The van der Waals surface area contributed by atoms with Gasteiger partial charge in [-0.3, -0.25) is 9.59 Å². The lowest BCUT2D eigenvalue weighted by atomic mass is 9.85. The van der Waals surface area contributed by atoms with Gasteiger partial charge in [-0.2, -0.15) is 0 Å². The lowest BCUT2D eigenvalue weighted by Gasteiger charge is -2.24. The largest absolute Gasteiger partial charge is 0.368 e. The van der Waals surface area contributed by atoms with Crippen LogP contribution in [-0.4, -0.2) is 24.5 Å². The number of carbonyl (C=O) groups excluding carboxylic acids is 2. The molecule has 0 bridgehead atoms. The van der Waals surface area contributed by atoms with Crippen LogP contribution in [-0.2, 0) is 14.3 Å². The third-order valence-corrected chi connectivity index (χ3v) is 4.12. The van der Waals surface area contributed by atoms with Crippen molar-refractivity contribution in [2.75, 3.05) is 17.2 Å². The van der Waals surface area contributed by atoms with Crippen molar-refractivity contribution in [2.24, 2.45) is 5.92 Å². The van der Waals surface area contributed by atoms with E-state index < -0.39 is 0 Å². The molecule has 0 radical (unpaired) electrons. The normalized spacial score (nSPS) is 21.6. The SMILES string of the molecule is O=C(Nc1ccc(NC(=O)[C@H]2CCCO2)cc1)C1CCC1. The zero-order valence-electron chi connectivity index (χ0n) is 11.9. The number of carbonyl (C=O) groups is 2. The fourth-order valence-electron chi connectivity index (χ4n) is 2.56. The van der Waals surface area contributed by atoms with Gasteiger partial charge in [-0.15, -0.1) is 0 Å². The highest BCUT2D eigenvalue weighted by molar-refractivity contribution is 5.95. The maximum Gasteiger partial charge on any atom is 0.253 e. The van der Waals surface area contributed by atoms with Gasteiger partial charge in [-0.05, 0) is 49.9 Å². The fourth-order valence-corrected chi connectivity index (χ4v) is 2.56. The van der Waals surface area contributed by atoms with Gasteiger partial charge in [0.2, 0.25) is 5.91 Å². The second-order valence-electron chi connectivity index (χ2n) is 5.69. The Kier molecular flexibility index (Phi) is 4.20. The van der Waals surface area contributed by atoms with Gasteiger partial charge in [0.25, 0.3) is 5.91 Å². The van der Waals surface area contributed by atoms with E-state index >= 15 is 0 Å². The van der Waals surface area contributed by atoms with Crippen molar-refractivity contribution in [1.82, 2.24) is 0 Å². The van der Waals surface area contributed by atoms with Crippen LogP contribution in [0.4, 0.5) is 11.4 Å². The van der Waals surface area contributed by atoms with Crippen LogP contribution in [0.3, 0.4) is 0 Å². The first kappa shape index (κ1) is 14.1. The minimum absolute atomic E-state index is 0.0948. The Hall–Kier alpha value is -1.88. The minimum Gasteiger partial charge on any atom is -0.368 e. The van der Waals surface area contributed by atoms with Crippen molar-refractivity contribution in [3.8, 4) is 0 Å². The third kappa shape index (κ3) is 3.42. The van der Waals surface area contributed by atoms with Crippen LogP contribution >= 0.6 is 0 Å². The highest BCUT2D eigenvalue weighted by atomic mass is 16.5. The number of benzene rings is 1. The Morgan fingerprint density at radius 3 is 2.00 bits per heavy atom. The second kappa shape index (κ2) is 6.26. The predicted octanol–water partition coefficient (Wildman–Crippen LogP) is 2.54. The summed E-state index contributed by atoms with van der Waals surface area (Å²) >= 11 is 0. The quantitative estimate of drug-likeness (QED) is 0.894. The van der Waals surface area contributed by atoms with Crippen molar-refractivity contribution in [3.05, 3.63) is 24.3 Å². The van der Waals surface area contributed by atoms with Crippen molar-refractivity contribution in [2.45, 2.75) is 38.2 Å². The Morgan fingerprint density at radius 2 is 1.52 bits per heavy atom. The smallest absolute Gasteiger partial charge is 0.253 e. The summed E-state index contributed by atoms with van der Waals surface area (Å²) in [4.78, 5) is 23.7. The van der Waals surface area contributed by atoms with E-state index in [9.17, 15) is 9.59 Å². The average molecular weight is 288 g/mol. The van der Waals surface area contributed by atoms with Gasteiger partial charge in [0.05, 0.1) is 0 Å². The van der Waals surface area contributed by atoms with Crippen LogP contribution in [0.1, 0.15) is 32.1 Å². The summed E-state index contributed by atoms with van der Waals surface area (Å²) in [6.07, 6.45) is 4.50. The number of anilines is 2. The molecule has 1 aromatic rings. The summed E-state index contributed by atoms with van der Waals surface area (Å²) < 4.78 is 5.34. The molecule has 0 aromatic heterocycles. The molecule has 5 heteroatoms. The van der Waals surface area contributed by atoms with Gasteiger partial charge in [0, 0.05) is 23.9 Å². The Morgan fingerprint density at radius 1 is 0.905 bits per heavy atom. The van der Waals surface area contributed by atoms with Gasteiger partial charge >= 0.3 is 0 Å². The Balaban J connectivity index is 1.53. The molecule has 21 heavy (non-hydrogen) atoms. The van der Waals surface area contributed by atoms with Crippen LogP contribution in [0.5, 0.6) is 0 Å². The highest BCUT2D eigenvalue weighted by Crippen LogP contribution is 2.27.